The van der Waals surface area contributed by atoms with E-state index in [-0.39, 0.29) is 0 Å². The minimum atomic E-state index is 0.673. The van der Waals surface area contributed by atoms with Gasteiger partial charge in [-0.05, 0) is 28.8 Å². The number of nitrogens with zero attached hydrogens (tertiary/aromatic N) is 4. The first kappa shape index (κ1) is 17.1. The van der Waals surface area contributed by atoms with Crippen LogP contribution in [0.15, 0.2) is 97.5 Å². The van der Waals surface area contributed by atoms with Crippen molar-refractivity contribution in [2.75, 3.05) is 5.32 Å². The molecule has 0 fully saturated rings. The molecular formula is C24H19N5. The Morgan fingerprint density at radius 2 is 1.41 bits per heavy atom. The number of rotatable bonds is 5. The highest BCUT2D eigenvalue weighted by atomic mass is 15.3. The fraction of sp³-hybridized carbons (Fsp3) is 0.0417. The van der Waals surface area contributed by atoms with Crippen molar-refractivity contribution in [1.82, 2.24) is 19.7 Å². The van der Waals surface area contributed by atoms with Gasteiger partial charge in [0.15, 0.2) is 5.65 Å². The van der Waals surface area contributed by atoms with Gasteiger partial charge in [0.05, 0.1) is 18.1 Å². The summed E-state index contributed by atoms with van der Waals surface area (Å²) >= 11 is 0. The molecular weight excluding hydrogens is 358 g/mol. The molecule has 140 valence electrons. The van der Waals surface area contributed by atoms with Crippen LogP contribution < -0.4 is 5.32 Å². The lowest BCUT2D eigenvalue weighted by Gasteiger charge is -2.08. The molecule has 0 aliphatic heterocycles. The molecule has 0 bridgehead atoms. The molecule has 0 atom stereocenters. The Morgan fingerprint density at radius 1 is 0.724 bits per heavy atom. The van der Waals surface area contributed by atoms with Gasteiger partial charge in [-0.15, -0.1) is 0 Å². The molecule has 2 heterocycles. The summed E-state index contributed by atoms with van der Waals surface area (Å²) in [7, 11) is 0. The van der Waals surface area contributed by atoms with Crippen LogP contribution in [0.4, 0.5) is 11.5 Å². The van der Waals surface area contributed by atoms with Crippen LogP contribution in [0, 0.1) is 0 Å². The molecule has 0 aliphatic rings. The molecule has 5 nitrogen and oxygen atoms in total. The van der Waals surface area contributed by atoms with Gasteiger partial charge in [0.1, 0.15) is 12.1 Å². The number of anilines is 2. The number of nitrogens with one attached hydrogen (secondary N) is 1. The number of benzene rings is 3. The Balaban J connectivity index is 1.41. The number of fused-ring (bicyclic) bond motifs is 1. The monoisotopic (exact) mass is 377 g/mol. The van der Waals surface area contributed by atoms with Crippen molar-refractivity contribution < 1.29 is 0 Å². The van der Waals surface area contributed by atoms with E-state index >= 15 is 0 Å². The molecule has 29 heavy (non-hydrogen) atoms. The molecule has 5 rings (SSSR count). The van der Waals surface area contributed by atoms with Crippen LogP contribution in [0.1, 0.15) is 5.56 Å². The first-order chi connectivity index (χ1) is 14.4. The smallest absolute Gasteiger partial charge is 0.163 e. The van der Waals surface area contributed by atoms with E-state index in [1.807, 2.05) is 47.3 Å². The Bertz CT molecular complexity index is 1230. The van der Waals surface area contributed by atoms with E-state index in [4.69, 9.17) is 0 Å². The highest BCUT2D eigenvalue weighted by Crippen LogP contribution is 2.25. The Hall–Kier alpha value is -3.99. The fourth-order valence-corrected chi connectivity index (χ4v) is 3.38. The molecule has 1 N–H and O–H groups in total. The van der Waals surface area contributed by atoms with Crippen molar-refractivity contribution in [3.05, 3.63) is 103 Å². The summed E-state index contributed by atoms with van der Waals surface area (Å²) in [5, 5.41) is 8.82. The lowest BCUT2D eigenvalue weighted by atomic mass is 10.1. The quantitative estimate of drug-likeness (QED) is 0.452. The predicted molar refractivity (Wildman–Crippen MR) is 116 cm³/mol. The van der Waals surface area contributed by atoms with Gasteiger partial charge < -0.3 is 5.32 Å². The van der Waals surface area contributed by atoms with Crippen molar-refractivity contribution in [2.24, 2.45) is 0 Å². The molecule has 5 heteroatoms. The summed E-state index contributed by atoms with van der Waals surface area (Å²) in [6, 6.07) is 28.9. The van der Waals surface area contributed by atoms with Gasteiger partial charge in [0.2, 0.25) is 0 Å². The van der Waals surface area contributed by atoms with E-state index in [1.54, 1.807) is 6.33 Å². The minimum absolute atomic E-state index is 0.673. The van der Waals surface area contributed by atoms with Crippen molar-refractivity contribution in [1.29, 1.82) is 0 Å². The lowest BCUT2D eigenvalue weighted by Crippen LogP contribution is -2.03. The van der Waals surface area contributed by atoms with Crippen LogP contribution in [0.5, 0.6) is 0 Å². The summed E-state index contributed by atoms with van der Waals surface area (Å²) in [5.41, 5.74) is 5.35. The number of hydrogen-bond donors (Lipinski definition) is 1. The highest BCUT2D eigenvalue weighted by molar-refractivity contribution is 5.88. The first-order valence-corrected chi connectivity index (χ1v) is 9.50. The molecule has 0 radical (unpaired) electrons. The fourth-order valence-electron chi connectivity index (χ4n) is 3.38. The Labute approximate surface area is 168 Å². The molecule has 0 aliphatic carbocycles. The van der Waals surface area contributed by atoms with Crippen molar-refractivity contribution in [3.8, 4) is 11.1 Å². The van der Waals surface area contributed by atoms with Crippen molar-refractivity contribution in [3.63, 3.8) is 0 Å². The molecule has 2 aromatic heterocycles. The van der Waals surface area contributed by atoms with Crippen LogP contribution >= 0.6 is 0 Å². The first-order valence-electron chi connectivity index (χ1n) is 9.50. The van der Waals surface area contributed by atoms with Gasteiger partial charge in [-0.3, -0.25) is 0 Å². The zero-order valence-electron chi connectivity index (χ0n) is 15.7. The van der Waals surface area contributed by atoms with E-state index in [9.17, 15) is 0 Å². The van der Waals surface area contributed by atoms with E-state index in [0.29, 0.717) is 6.54 Å². The van der Waals surface area contributed by atoms with Gasteiger partial charge in [0.25, 0.3) is 0 Å². The van der Waals surface area contributed by atoms with Gasteiger partial charge in [-0.2, -0.15) is 5.10 Å². The van der Waals surface area contributed by atoms with E-state index in [0.717, 1.165) is 22.5 Å². The van der Waals surface area contributed by atoms with E-state index in [2.05, 4.69) is 68.9 Å². The molecule has 0 amide bonds. The Morgan fingerprint density at radius 3 is 2.17 bits per heavy atom. The Kier molecular flexibility index (Phi) is 4.47. The predicted octanol–water partition coefficient (Wildman–Crippen LogP) is 5.29. The molecule has 3 aromatic carbocycles. The van der Waals surface area contributed by atoms with Gasteiger partial charge >= 0.3 is 0 Å². The third-order valence-electron chi connectivity index (χ3n) is 4.86. The molecule has 5 aromatic rings. The van der Waals surface area contributed by atoms with E-state index in [1.165, 1.54) is 16.7 Å². The summed E-state index contributed by atoms with van der Waals surface area (Å²) < 4.78 is 1.90. The standard InChI is InChI=1S/C24H19N5/c1-3-7-18(8-4-1)16-29-24-22(15-27-29)23(25-17-26-24)28-21-13-11-20(12-14-21)19-9-5-2-6-10-19/h1-15,17H,16H2,(H,25,26,28). The average Bonchev–Trinajstić information content (AvgIpc) is 3.19. The molecule has 0 saturated carbocycles. The zero-order valence-corrected chi connectivity index (χ0v) is 15.7. The maximum Gasteiger partial charge on any atom is 0.163 e. The average molecular weight is 377 g/mol. The van der Waals surface area contributed by atoms with Crippen LogP contribution in [0.2, 0.25) is 0 Å². The molecule has 0 unspecified atom stereocenters. The highest BCUT2D eigenvalue weighted by Gasteiger charge is 2.10. The van der Waals surface area contributed by atoms with Gasteiger partial charge in [0, 0.05) is 5.69 Å². The second kappa shape index (κ2) is 7.56. The third-order valence-corrected chi connectivity index (χ3v) is 4.86. The summed E-state index contributed by atoms with van der Waals surface area (Å²) in [6.45, 7) is 0.673. The van der Waals surface area contributed by atoms with Crippen LogP contribution in [-0.4, -0.2) is 19.7 Å². The van der Waals surface area contributed by atoms with Gasteiger partial charge in [-0.25, -0.2) is 14.6 Å². The van der Waals surface area contributed by atoms with E-state index < -0.39 is 0 Å². The number of hydrogen-bond acceptors (Lipinski definition) is 4. The van der Waals surface area contributed by atoms with Crippen LogP contribution in [0.25, 0.3) is 22.2 Å². The summed E-state index contributed by atoms with van der Waals surface area (Å²) in [5.74, 6) is 0.752. The second-order valence-electron chi connectivity index (χ2n) is 6.82. The summed E-state index contributed by atoms with van der Waals surface area (Å²) in [6.07, 6.45) is 3.39. The SMILES string of the molecule is c1ccc(Cn2ncc3c(Nc4ccc(-c5ccccc5)cc4)ncnc32)cc1. The third kappa shape index (κ3) is 3.58. The van der Waals surface area contributed by atoms with Crippen molar-refractivity contribution in [2.45, 2.75) is 6.54 Å². The topological polar surface area (TPSA) is 55.6 Å². The molecule has 0 spiro atoms. The molecule has 0 saturated heterocycles. The lowest BCUT2D eigenvalue weighted by molar-refractivity contribution is 0.704. The maximum absolute atomic E-state index is 4.52. The van der Waals surface area contributed by atoms with Crippen LogP contribution in [-0.2, 0) is 6.54 Å². The second-order valence-corrected chi connectivity index (χ2v) is 6.82. The van der Waals surface area contributed by atoms with Crippen LogP contribution in [0.3, 0.4) is 0 Å². The maximum atomic E-state index is 4.52. The van der Waals surface area contributed by atoms with Crippen molar-refractivity contribution >= 4 is 22.5 Å². The zero-order chi connectivity index (χ0) is 19.5. The summed E-state index contributed by atoms with van der Waals surface area (Å²) in [4.78, 5) is 8.87. The van der Waals surface area contributed by atoms with Gasteiger partial charge in [-0.1, -0.05) is 72.8 Å². The normalized spacial score (nSPS) is 10.9. The minimum Gasteiger partial charge on any atom is -0.340 e. The number of aromatic nitrogens is 4. The largest absolute Gasteiger partial charge is 0.340 e.